The molecule has 0 aromatic heterocycles. The molecule has 0 unspecified atom stereocenters. The van der Waals surface area contributed by atoms with Crippen molar-refractivity contribution in [3.63, 3.8) is 0 Å². The predicted octanol–water partition coefficient (Wildman–Crippen LogP) is 3.52. The van der Waals surface area contributed by atoms with Gasteiger partial charge in [0, 0.05) is 10.7 Å². The first-order chi connectivity index (χ1) is 11.4. The number of hydrogen-bond acceptors (Lipinski definition) is 4. The summed E-state index contributed by atoms with van der Waals surface area (Å²) in [6.45, 7) is 3.24. The van der Waals surface area contributed by atoms with E-state index in [1.165, 1.54) is 0 Å². The highest BCUT2D eigenvalue weighted by Crippen LogP contribution is 2.16. The smallest absolute Gasteiger partial charge is 0.344 e. The van der Waals surface area contributed by atoms with Gasteiger partial charge in [-0.15, -0.1) is 0 Å². The number of nitrogens with one attached hydrogen (secondary N) is 1. The van der Waals surface area contributed by atoms with Gasteiger partial charge in [0.05, 0.1) is 0 Å². The number of aryl methyl sites for hydroxylation is 2. The zero-order valence-corrected chi connectivity index (χ0v) is 14.2. The lowest BCUT2D eigenvalue weighted by molar-refractivity contribution is -0.149. The van der Waals surface area contributed by atoms with Crippen LogP contribution in [0.2, 0.25) is 5.02 Å². The van der Waals surface area contributed by atoms with Gasteiger partial charge in [0.15, 0.2) is 13.2 Å². The van der Waals surface area contributed by atoms with Crippen LogP contribution in [0.3, 0.4) is 0 Å². The van der Waals surface area contributed by atoms with Crippen LogP contribution in [0.25, 0.3) is 0 Å². The molecule has 0 aliphatic heterocycles. The molecule has 0 atom stereocenters. The van der Waals surface area contributed by atoms with Gasteiger partial charge in [0.25, 0.3) is 5.91 Å². The highest BCUT2D eigenvalue weighted by Gasteiger charge is 2.09. The summed E-state index contributed by atoms with van der Waals surface area (Å²) in [5, 5.41) is 3.09. The number of carbonyl (C=O) groups excluding carboxylic acids is 2. The fourth-order valence-corrected chi connectivity index (χ4v) is 2.30. The molecule has 2 rings (SSSR count). The van der Waals surface area contributed by atoms with E-state index in [-0.39, 0.29) is 13.2 Å². The second-order valence-corrected chi connectivity index (χ2v) is 5.77. The summed E-state index contributed by atoms with van der Waals surface area (Å²) in [4.78, 5) is 23.4. The summed E-state index contributed by atoms with van der Waals surface area (Å²) in [7, 11) is 0. The molecule has 2 aromatic rings. The summed E-state index contributed by atoms with van der Waals surface area (Å²) >= 11 is 5.82. The first-order valence-electron chi connectivity index (χ1n) is 7.34. The maximum atomic E-state index is 11.7. The van der Waals surface area contributed by atoms with Crippen LogP contribution in [0.4, 0.5) is 5.69 Å². The van der Waals surface area contributed by atoms with Crippen LogP contribution in [0.5, 0.6) is 5.75 Å². The molecule has 0 saturated carbocycles. The number of benzene rings is 2. The van der Waals surface area contributed by atoms with Gasteiger partial charge in [-0.2, -0.15) is 0 Å². The molecule has 0 aliphatic carbocycles. The summed E-state index contributed by atoms with van der Waals surface area (Å²) in [6.07, 6.45) is 0. The molecule has 0 bridgehead atoms. The number of halogens is 1. The number of ether oxygens (including phenoxy) is 2. The fraction of sp³-hybridized carbons (Fsp3) is 0.222. The van der Waals surface area contributed by atoms with Gasteiger partial charge in [0.2, 0.25) is 0 Å². The number of anilines is 1. The molecule has 0 fully saturated rings. The number of hydrogen-bond donors (Lipinski definition) is 1. The molecule has 2 aromatic carbocycles. The van der Waals surface area contributed by atoms with Crippen LogP contribution in [-0.2, 0) is 14.3 Å². The Bertz CT molecular complexity index is 725. The number of amides is 1. The Morgan fingerprint density at radius 3 is 2.42 bits per heavy atom. The lowest BCUT2D eigenvalue weighted by atomic mass is 10.1. The third-order valence-electron chi connectivity index (χ3n) is 3.02. The van der Waals surface area contributed by atoms with Crippen molar-refractivity contribution in [2.75, 3.05) is 18.5 Å². The molecule has 1 amide bonds. The lowest BCUT2D eigenvalue weighted by Gasteiger charge is -2.09. The Morgan fingerprint density at radius 1 is 1.04 bits per heavy atom. The molecule has 24 heavy (non-hydrogen) atoms. The minimum atomic E-state index is -0.615. The van der Waals surface area contributed by atoms with Gasteiger partial charge in [-0.05, 0) is 55.3 Å². The first kappa shape index (κ1) is 17.8. The Balaban J connectivity index is 1.75. The highest BCUT2D eigenvalue weighted by molar-refractivity contribution is 6.30. The molecule has 0 radical (unpaired) electrons. The molecule has 0 saturated heterocycles. The summed E-state index contributed by atoms with van der Waals surface area (Å²) in [6, 6.07) is 12.4. The van der Waals surface area contributed by atoms with Crippen molar-refractivity contribution in [1.82, 2.24) is 0 Å². The Labute approximate surface area is 145 Å². The molecular weight excluding hydrogens is 330 g/mol. The molecule has 0 spiro atoms. The third kappa shape index (κ3) is 5.93. The van der Waals surface area contributed by atoms with E-state index in [0.717, 1.165) is 11.1 Å². The van der Waals surface area contributed by atoms with Crippen molar-refractivity contribution < 1.29 is 19.1 Å². The van der Waals surface area contributed by atoms with E-state index >= 15 is 0 Å². The topological polar surface area (TPSA) is 64.6 Å². The Morgan fingerprint density at radius 2 is 1.75 bits per heavy atom. The van der Waals surface area contributed by atoms with Crippen LogP contribution in [0.15, 0.2) is 42.5 Å². The van der Waals surface area contributed by atoms with E-state index in [1.54, 1.807) is 24.3 Å². The Kier molecular flexibility index (Phi) is 6.21. The highest BCUT2D eigenvalue weighted by atomic mass is 35.5. The summed E-state index contributed by atoms with van der Waals surface area (Å²) in [5.41, 5.74) is 2.62. The SMILES string of the molecule is Cc1cc(C)cc(OCC(=O)OCC(=O)Nc2cccc(Cl)c2)c1. The zero-order valence-electron chi connectivity index (χ0n) is 13.5. The van der Waals surface area contributed by atoms with Crippen molar-refractivity contribution in [3.8, 4) is 5.75 Å². The van der Waals surface area contributed by atoms with Crippen molar-refractivity contribution in [2.45, 2.75) is 13.8 Å². The van der Waals surface area contributed by atoms with E-state index in [1.807, 2.05) is 32.0 Å². The quantitative estimate of drug-likeness (QED) is 0.812. The Hall–Kier alpha value is -2.53. The minimum absolute atomic E-state index is 0.257. The van der Waals surface area contributed by atoms with E-state index in [4.69, 9.17) is 21.1 Å². The minimum Gasteiger partial charge on any atom is -0.482 e. The van der Waals surface area contributed by atoms with Crippen molar-refractivity contribution >= 4 is 29.2 Å². The van der Waals surface area contributed by atoms with Gasteiger partial charge in [0.1, 0.15) is 5.75 Å². The normalized spacial score (nSPS) is 10.1. The standard InChI is InChI=1S/C18H18ClNO4/c1-12-6-13(2)8-16(7-12)23-11-18(22)24-10-17(21)20-15-5-3-4-14(19)9-15/h3-9H,10-11H2,1-2H3,(H,20,21). The molecule has 1 N–H and O–H groups in total. The van der Waals surface area contributed by atoms with Gasteiger partial charge in [-0.3, -0.25) is 4.79 Å². The molecule has 6 heteroatoms. The monoisotopic (exact) mass is 347 g/mol. The lowest BCUT2D eigenvalue weighted by Crippen LogP contribution is -2.23. The number of rotatable bonds is 6. The third-order valence-corrected chi connectivity index (χ3v) is 3.26. The van der Waals surface area contributed by atoms with Crippen molar-refractivity contribution in [2.24, 2.45) is 0 Å². The molecule has 5 nitrogen and oxygen atoms in total. The predicted molar refractivity (Wildman–Crippen MR) is 92.5 cm³/mol. The van der Waals surface area contributed by atoms with Crippen molar-refractivity contribution in [1.29, 1.82) is 0 Å². The van der Waals surface area contributed by atoms with E-state index in [2.05, 4.69) is 5.32 Å². The molecule has 0 aliphatic rings. The average Bonchev–Trinajstić information content (AvgIpc) is 2.50. The number of esters is 1. The van der Waals surface area contributed by atoms with Crippen LogP contribution in [-0.4, -0.2) is 25.1 Å². The van der Waals surface area contributed by atoms with Gasteiger partial charge in [-0.25, -0.2) is 4.79 Å². The second-order valence-electron chi connectivity index (χ2n) is 5.33. The largest absolute Gasteiger partial charge is 0.482 e. The van der Waals surface area contributed by atoms with Crippen LogP contribution in [0, 0.1) is 13.8 Å². The maximum absolute atomic E-state index is 11.7. The molecule has 126 valence electrons. The second kappa shape index (κ2) is 8.36. The van der Waals surface area contributed by atoms with Gasteiger partial charge < -0.3 is 14.8 Å². The fourth-order valence-electron chi connectivity index (χ4n) is 2.11. The van der Waals surface area contributed by atoms with Crippen LogP contribution in [0.1, 0.15) is 11.1 Å². The van der Waals surface area contributed by atoms with Gasteiger partial charge in [-0.1, -0.05) is 23.7 Å². The van der Waals surface area contributed by atoms with Crippen molar-refractivity contribution in [3.05, 3.63) is 58.6 Å². The van der Waals surface area contributed by atoms with E-state index < -0.39 is 11.9 Å². The molecular formula is C18H18ClNO4. The summed E-state index contributed by atoms with van der Waals surface area (Å²) < 4.78 is 10.3. The number of carbonyl (C=O) groups is 2. The summed E-state index contributed by atoms with van der Waals surface area (Å²) in [5.74, 6) is -0.472. The van der Waals surface area contributed by atoms with E-state index in [0.29, 0.717) is 16.5 Å². The van der Waals surface area contributed by atoms with Crippen LogP contribution < -0.4 is 10.1 Å². The maximum Gasteiger partial charge on any atom is 0.344 e. The molecule has 0 heterocycles. The van der Waals surface area contributed by atoms with E-state index in [9.17, 15) is 9.59 Å². The zero-order chi connectivity index (χ0) is 17.5. The average molecular weight is 348 g/mol. The van der Waals surface area contributed by atoms with Crippen LogP contribution >= 0.6 is 11.6 Å². The first-order valence-corrected chi connectivity index (χ1v) is 7.72. The van der Waals surface area contributed by atoms with Gasteiger partial charge >= 0.3 is 5.97 Å².